The number of methoxy groups -OCH3 is 3. The average molecular weight is 541 g/mol. The summed E-state index contributed by atoms with van der Waals surface area (Å²) in [5.41, 5.74) is -0.175. The second-order valence-electron chi connectivity index (χ2n) is 9.49. The lowest BCUT2D eigenvalue weighted by atomic mass is 9.79. The number of carbonyl (C=O) groups excluding carboxylic acids is 3. The van der Waals surface area contributed by atoms with E-state index in [0.29, 0.717) is 18.5 Å². The number of carboxylic acid groups (broad SMARTS) is 1. The summed E-state index contributed by atoms with van der Waals surface area (Å²) in [6.07, 6.45) is 1.06. The summed E-state index contributed by atoms with van der Waals surface area (Å²) in [6.45, 7) is 2.82. The van der Waals surface area contributed by atoms with Gasteiger partial charge in [0.25, 0.3) is 0 Å². The molecule has 2 aromatic rings. The standard InChI is InChI=1S/C28H32N2O9/c1-6-14-9-8-10-15(7-2)23(14)30-24(32)20-21(25(30)33)28(13-31,27(35)36)29-22(20)17-11-16(37-3)12-18(38-4)19(17)26(34)39-5/h8-12,20-22,29,31H,6-7,13H2,1-5H3,(H,35,36). The highest BCUT2D eigenvalue weighted by atomic mass is 16.5. The number of amides is 2. The predicted octanol–water partition coefficient (Wildman–Crippen LogP) is 1.88. The molecular weight excluding hydrogens is 508 g/mol. The summed E-state index contributed by atoms with van der Waals surface area (Å²) >= 11 is 0. The second-order valence-corrected chi connectivity index (χ2v) is 9.49. The van der Waals surface area contributed by atoms with Gasteiger partial charge in [-0.15, -0.1) is 0 Å². The number of fused-ring (bicyclic) bond motifs is 1. The summed E-state index contributed by atoms with van der Waals surface area (Å²) in [4.78, 5) is 55.0. The van der Waals surface area contributed by atoms with Crippen LogP contribution in [-0.2, 0) is 32.0 Å². The van der Waals surface area contributed by atoms with Crippen LogP contribution in [0.1, 0.15) is 46.9 Å². The molecule has 2 aromatic carbocycles. The number of aliphatic carboxylic acids is 1. The van der Waals surface area contributed by atoms with Crippen molar-refractivity contribution in [1.29, 1.82) is 0 Å². The fourth-order valence-electron chi connectivity index (χ4n) is 5.86. The van der Waals surface area contributed by atoms with Crippen molar-refractivity contribution in [2.24, 2.45) is 11.8 Å². The van der Waals surface area contributed by atoms with Gasteiger partial charge in [-0.25, -0.2) is 9.69 Å². The minimum Gasteiger partial charge on any atom is -0.497 e. The van der Waals surface area contributed by atoms with Crippen LogP contribution >= 0.6 is 0 Å². The van der Waals surface area contributed by atoms with Gasteiger partial charge in [-0.2, -0.15) is 0 Å². The zero-order valence-corrected chi connectivity index (χ0v) is 22.4. The van der Waals surface area contributed by atoms with Crippen molar-refractivity contribution in [3.05, 3.63) is 52.6 Å². The van der Waals surface area contributed by atoms with E-state index in [2.05, 4.69) is 5.32 Å². The van der Waals surface area contributed by atoms with Gasteiger partial charge < -0.3 is 24.4 Å². The van der Waals surface area contributed by atoms with Gasteiger partial charge >= 0.3 is 11.9 Å². The number of nitrogens with one attached hydrogen (secondary N) is 1. The quantitative estimate of drug-likeness (QED) is 0.318. The van der Waals surface area contributed by atoms with Crippen LogP contribution in [0.15, 0.2) is 30.3 Å². The van der Waals surface area contributed by atoms with Gasteiger partial charge in [-0.3, -0.25) is 19.7 Å². The van der Waals surface area contributed by atoms with Crippen LogP contribution in [0.25, 0.3) is 0 Å². The van der Waals surface area contributed by atoms with Crippen LogP contribution in [0.2, 0.25) is 0 Å². The summed E-state index contributed by atoms with van der Waals surface area (Å²) in [7, 11) is 3.91. The Morgan fingerprint density at radius 2 is 1.67 bits per heavy atom. The van der Waals surface area contributed by atoms with Crippen LogP contribution in [0, 0.1) is 11.8 Å². The number of para-hydroxylation sites is 1. The molecule has 2 amide bonds. The van der Waals surface area contributed by atoms with Crippen LogP contribution in [0.5, 0.6) is 11.5 Å². The Hall–Kier alpha value is -3.96. The van der Waals surface area contributed by atoms with E-state index in [4.69, 9.17) is 14.2 Å². The zero-order chi connectivity index (χ0) is 28.6. The first kappa shape index (κ1) is 28.1. The van der Waals surface area contributed by atoms with E-state index in [-0.39, 0.29) is 22.6 Å². The maximum atomic E-state index is 14.2. The molecule has 2 aliphatic rings. The number of carbonyl (C=O) groups is 4. The van der Waals surface area contributed by atoms with Gasteiger partial charge in [-0.1, -0.05) is 32.0 Å². The number of aliphatic hydroxyl groups excluding tert-OH is 1. The number of carboxylic acids is 1. The molecule has 39 heavy (non-hydrogen) atoms. The molecule has 3 N–H and O–H groups in total. The van der Waals surface area contributed by atoms with Gasteiger partial charge in [0.05, 0.1) is 45.5 Å². The van der Waals surface area contributed by atoms with Crippen molar-refractivity contribution in [3.8, 4) is 11.5 Å². The normalized spacial score (nSPS) is 24.1. The van der Waals surface area contributed by atoms with Crippen molar-refractivity contribution in [2.75, 3.05) is 32.8 Å². The van der Waals surface area contributed by atoms with Crippen molar-refractivity contribution in [3.63, 3.8) is 0 Å². The molecule has 4 atom stereocenters. The smallest absolute Gasteiger partial charge is 0.341 e. The highest BCUT2D eigenvalue weighted by Crippen LogP contribution is 2.52. The minimum absolute atomic E-state index is 0.0573. The lowest BCUT2D eigenvalue weighted by molar-refractivity contribution is -0.150. The van der Waals surface area contributed by atoms with Gasteiger partial charge in [0.2, 0.25) is 11.8 Å². The molecule has 0 aliphatic carbocycles. The fourth-order valence-corrected chi connectivity index (χ4v) is 5.86. The van der Waals surface area contributed by atoms with E-state index in [9.17, 15) is 29.4 Å². The Balaban J connectivity index is 2.00. The number of hydrogen-bond donors (Lipinski definition) is 3. The lowest BCUT2D eigenvalue weighted by Crippen LogP contribution is -2.58. The topological polar surface area (TPSA) is 152 Å². The van der Waals surface area contributed by atoms with Crippen LogP contribution in [0.4, 0.5) is 5.69 Å². The maximum absolute atomic E-state index is 14.2. The Morgan fingerprint density at radius 1 is 1.03 bits per heavy atom. The molecule has 0 radical (unpaired) electrons. The minimum atomic E-state index is -2.20. The molecule has 11 heteroatoms. The molecule has 4 unspecified atom stereocenters. The SMILES string of the molecule is CCc1cccc(CC)c1N1C(=O)C2C(c3cc(OC)cc(OC)c3C(=O)OC)NC(CO)(C(=O)O)C2C1=O. The molecule has 2 fully saturated rings. The number of anilines is 1. The Bertz CT molecular complexity index is 1320. The molecule has 0 saturated carbocycles. The first-order chi connectivity index (χ1) is 18.6. The van der Waals surface area contributed by atoms with Gasteiger partial charge in [0, 0.05) is 12.1 Å². The molecule has 2 aliphatic heterocycles. The van der Waals surface area contributed by atoms with Crippen LogP contribution in [-0.4, -0.2) is 67.4 Å². The highest BCUT2D eigenvalue weighted by molar-refractivity contribution is 6.25. The van der Waals surface area contributed by atoms with Crippen molar-refractivity contribution < 1.29 is 43.6 Å². The number of aliphatic hydroxyl groups is 1. The number of hydrogen-bond acceptors (Lipinski definition) is 9. The van der Waals surface area contributed by atoms with Gasteiger partial charge in [0.15, 0.2) is 5.54 Å². The van der Waals surface area contributed by atoms with Crippen LogP contribution in [0.3, 0.4) is 0 Å². The van der Waals surface area contributed by atoms with E-state index >= 15 is 0 Å². The maximum Gasteiger partial charge on any atom is 0.341 e. The molecule has 208 valence electrons. The van der Waals surface area contributed by atoms with Crippen LogP contribution < -0.4 is 19.7 Å². The molecule has 0 bridgehead atoms. The summed E-state index contributed by atoms with van der Waals surface area (Å²) in [5.74, 6) is -6.05. The van der Waals surface area contributed by atoms with Crippen molar-refractivity contribution in [1.82, 2.24) is 5.32 Å². The van der Waals surface area contributed by atoms with E-state index < -0.39 is 53.8 Å². The number of ether oxygens (including phenoxy) is 3. The Kier molecular flexibility index (Phi) is 7.67. The van der Waals surface area contributed by atoms with Gasteiger partial charge in [0.1, 0.15) is 17.1 Å². The van der Waals surface area contributed by atoms with Crippen molar-refractivity contribution >= 4 is 29.4 Å². The summed E-state index contributed by atoms with van der Waals surface area (Å²) in [6, 6.07) is 7.22. The summed E-state index contributed by atoms with van der Waals surface area (Å²) < 4.78 is 15.8. The average Bonchev–Trinajstić information content (AvgIpc) is 3.44. The highest BCUT2D eigenvalue weighted by Gasteiger charge is 2.69. The third-order valence-corrected chi connectivity index (χ3v) is 7.76. The van der Waals surface area contributed by atoms with E-state index in [1.54, 1.807) is 0 Å². The predicted molar refractivity (Wildman–Crippen MR) is 139 cm³/mol. The fraction of sp³-hybridized carbons (Fsp3) is 0.429. The third-order valence-electron chi connectivity index (χ3n) is 7.76. The van der Waals surface area contributed by atoms with Gasteiger partial charge in [-0.05, 0) is 35.6 Å². The zero-order valence-electron chi connectivity index (χ0n) is 22.4. The first-order valence-corrected chi connectivity index (χ1v) is 12.6. The Morgan fingerprint density at radius 3 is 2.15 bits per heavy atom. The first-order valence-electron chi connectivity index (χ1n) is 12.6. The number of esters is 1. The lowest BCUT2D eigenvalue weighted by Gasteiger charge is -2.30. The molecular formula is C28H32N2O9. The summed E-state index contributed by atoms with van der Waals surface area (Å²) in [5, 5.41) is 23.6. The number of rotatable bonds is 9. The van der Waals surface area contributed by atoms with E-state index in [0.717, 1.165) is 16.0 Å². The molecule has 11 nitrogen and oxygen atoms in total. The number of aryl methyl sites for hydroxylation is 2. The second kappa shape index (κ2) is 10.7. The third kappa shape index (κ3) is 4.12. The van der Waals surface area contributed by atoms with E-state index in [1.807, 2.05) is 32.0 Å². The number of benzene rings is 2. The largest absolute Gasteiger partial charge is 0.497 e. The molecule has 0 spiro atoms. The Labute approximate surface area is 225 Å². The monoisotopic (exact) mass is 540 g/mol. The molecule has 2 saturated heterocycles. The molecule has 4 rings (SSSR count). The molecule has 2 heterocycles. The number of imide groups is 1. The van der Waals surface area contributed by atoms with Crippen molar-refractivity contribution in [2.45, 2.75) is 38.3 Å². The number of nitrogens with zero attached hydrogens (tertiary/aromatic N) is 1. The van der Waals surface area contributed by atoms with E-state index in [1.165, 1.54) is 33.5 Å². The molecule has 0 aromatic heterocycles.